The standard InChI is InChI=1S/C31H24N2O/c34-30(22-29(24-10-4-1-5-11-24)25-12-6-2-7-13-25)26-16-18-28(19-17-26)31(33-21-20-32-23-33)27-14-8-3-9-15-27/h1-23,31H. The van der Waals surface area contributed by atoms with Gasteiger partial charge in [-0.2, -0.15) is 0 Å². The summed E-state index contributed by atoms with van der Waals surface area (Å²) in [6.07, 6.45) is 7.31. The summed E-state index contributed by atoms with van der Waals surface area (Å²) < 4.78 is 2.08. The Morgan fingerprint density at radius 3 is 1.71 bits per heavy atom. The van der Waals surface area contributed by atoms with Gasteiger partial charge in [0.2, 0.25) is 0 Å². The van der Waals surface area contributed by atoms with Gasteiger partial charge in [-0.1, -0.05) is 115 Å². The van der Waals surface area contributed by atoms with Gasteiger partial charge in [-0.15, -0.1) is 0 Å². The first-order valence-electron chi connectivity index (χ1n) is 11.3. The molecule has 1 aromatic heterocycles. The van der Waals surface area contributed by atoms with E-state index in [2.05, 4.69) is 21.7 Å². The quantitative estimate of drug-likeness (QED) is 0.205. The molecule has 0 amide bonds. The highest BCUT2D eigenvalue weighted by Crippen LogP contribution is 2.28. The van der Waals surface area contributed by atoms with Crippen molar-refractivity contribution in [1.82, 2.24) is 9.55 Å². The van der Waals surface area contributed by atoms with Crippen molar-refractivity contribution in [2.45, 2.75) is 6.04 Å². The SMILES string of the molecule is O=C(C=C(c1ccccc1)c1ccccc1)c1ccc(C(c2ccccc2)n2ccnc2)cc1. The van der Waals surface area contributed by atoms with Gasteiger partial charge >= 0.3 is 0 Å². The molecule has 0 saturated heterocycles. The number of benzene rings is 4. The van der Waals surface area contributed by atoms with Gasteiger partial charge in [-0.3, -0.25) is 4.79 Å². The van der Waals surface area contributed by atoms with Crippen molar-refractivity contribution >= 4 is 11.4 Å². The molecule has 5 rings (SSSR count). The Morgan fingerprint density at radius 1 is 0.647 bits per heavy atom. The minimum absolute atomic E-state index is 0.00686. The van der Waals surface area contributed by atoms with E-state index in [1.54, 1.807) is 12.3 Å². The number of nitrogens with zero attached hydrogens (tertiary/aromatic N) is 2. The first-order valence-corrected chi connectivity index (χ1v) is 11.3. The van der Waals surface area contributed by atoms with Crippen LogP contribution in [0, 0.1) is 0 Å². The molecule has 5 aromatic rings. The number of rotatable bonds is 7. The van der Waals surface area contributed by atoms with E-state index in [-0.39, 0.29) is 11.8 Å². The zero-order valence-electron chi connectivity index (χ0n) is 18.7. The molecular formula is C31H24N2O. The lowest BCUT2D eigenvalue weighted by Gasteiger charge is -2.20. The number of carbonyl (C=O) groups is 1. The second-order valence-electron chi connectivity index (χ2n) is 8.10. The van der Waals surface area contributed by atoms with Crippen LogP contribution < -0.4 is 0 Å². The van der Waals surface area contributed by atoms with Crippen LogP contribution in [0.5, 0.6) is 0 Å². The largest absolute Gasteiger partial charge is 0.326 e. The first kappa shape index (κ1) is 21.4. The summed E-state index contributed by atoms with van der Waals surface area (Å²) in [4.78, 5) is 17.5. The monoisotopic (exact) mass is 440 g/mol. The fraction of sp³-hybridized carbons (Fsp3) is 0.0323. The third kappa shape index (κ3) is 4.64. The van der Waals surface area contributed by atoms with Gasteiger partial charge in [-0.05, 0) is 33.9 Å². The number of allylic oxidation sites excluding steroid dienone is 1. The highest BCUT2D eigenvalue weighted by Gasteiger charge is 2.16. The minimum Gasteiger partial charge on any atom is -0.326 e. The molecule has 0 bridgehead atoms. The van der Waals surface area contributed by atoms with Gasteiger partial charge < -0.3 is 4.57 Å². The molecular weight excluding hydrogens is 416 g/mol. The van der Waals surface area contributed by atoms with Crippen LogP contribution in [0.15, 0.2) is 140 Å². The number of ketones is 1. The molecule has 3 heteroatoms. The number of hydrogen-bond acceptors (Lipinski definition) is 2. The van der Waals surface area contributed by atoms with Gasteiger partial charge in [0.25, 0.3) is 0 Å². The van der Waals surface area contributed by atoms with E-state index in [1.165, 1.54) is 0 Å². The molecule has 1 unspecified atom stereocenters. The van der Waals surface area contributed by atoms with Crippen LogP contribution in [-0.2, 0) is 0 Å². The van der Waals surface area contributed by atoms with Crippen molar-refractivity contribution in [2.24, 2.45) is 0 Å². The van der Waals surface area contributed by atoms with E-state index >= 15 is 0 Å². The minimum atomic E-state index is -0.0202. The van der Waals surface area contributed by atoms with Gasteiger partial charge in [0.1, 0.15) is 0 Å². The van der Waals surface area contributed by atoms with Crippen LogP contribution in [0.25, 0.3) is 5.57 Å². The predicted octanol–water partition coefficient (Wildman–Crippen LogP) is 6.84. The summed E-state index contributed by atoms with van der Waals surface area (Å²) in [5.41, 5.74) is 5.86. The summed E-state index contributed by atoms with van der Waals surface area (Å²) in [6.45, 7) is 0. The number of imidazole rings is 1. The normalized spacial score (nSPS) is 11.5. The second kappa shape index (κ2) is 9.97. The van der Waals surface area contributed by atoms with Crippen molar-refractivity contribution in [1.29, 1.82) is 0 Å². The maximum absolute atomic E-state index is 13.3. The summed E-state index contributed by atoms with van der Waals surface area (Å²) in [6, 6.07) is 38.2. The van der Waals surface area contributed by atoms with Crippen molar-refractivity contribution in [3.8, 4) is 0 Å². The van der Waals surface area contributed by atoms with E-state index in [4.69, 9.17) is 0 Å². The molecule has 0 aliphatic rings. The second-order valence-corrected chi connectivity index (χ2v) is 8.10. The van der Waals surface area contributed by atoms with Crippen molar-refractivity contribution in [2.75, 3.05) is 0 Å². The van der Waals surface area contributed by atoms with E-state index in [1.807, 2.05) is 116 Å². The third-order valence-corrected chi connectivity index (χ3v) is 5.89. The van der Waals surface area contributed by atoms with E-state index in [0.29, 0.717) is 5.56 Å². The maximum atomic E-state index is 13.3. The zero-order chi connectivity index (χ0) is 23.2. The van der Waals surface area contributed by atoms with E-state index in [0.717, 1.165) is 27.8 Å². The lowest BCUT2D eigenvalue weighted by Crippen LogP contribution is -2.11. The number of carbonyl (C=O) groups excluding carboxylic acids is 1. The molecule has 4 aromatic carbocycles. The van der Waals surface area contributed by atoms with Crippen molar-refractivity contribution in [3.63, 3.8) is 0 Å². The molecule has 1 atom stereocenters. The van der Waals surface area contributed by atoms with Gasteiger partial charge in [-0.25, -0.2) is 4.98 Å². The number of aromatic nitrogens is 2. The Balaban J connectivity index is 1.49. The van der Waals surface area contributed by atoms with Crippen molar-refractivity contribution in [3.05, 3.63) is 168 Å². The molecule has 164 valence electrons. The topological polar surface area (TPSA) is 34.9 Å². The molecule has 0 radical (unpaired) electrons. The van der Waals surface area contributed by atoms with Gasteiger partial charge in [0, 0.05) is 18.0 Å². The van der Waals surface area contributed by atoms with Crippen LogP contribution in [-0.4, -0.2) is 15.3 Å². The van der Waals surface area contributed by atoms with Crippen LogP contribution in [0.1, 0.15) is 38.7 Å². The lowest BCUT2D eigenvalue weighted by atomic mass is 9.94. The molecule has 0 spiro atoms. The fourth-order valence-electron chi connectivity index (χ4n) is 4.21. The Labute approximate surface area is 199 Å². The smallest absolute Gasteiger partial charge is 0.186 e. The van der Waals surface area contributed by atoms with Crippen LogP contribution in [0.3, 0.4) is 0 Å². The molecule has 0 N–H and O–H groups in total. The third-order valence-electron chi connectivity index (χ3n) is 5.89. The van der Waals surface area contributed by atoms with Crippen LogP contribution in [0.2, 0.25) is 0 Å². The Hall–Kier alpha value is -4.50. The average Bonchev–Trinajstić information content (AvgIpc) is 3.44. The lowest BCUT2D eigenvalue weighted by molar-refractivity contribution is 0.104. The summed E-state index contributed by atoms with van der Waals surface area (Å²) in [5, 5.41) is 0. The van der Waals surface area contributed by atoms with Gasteiger partial charge in [0.05, 0.1) is 12.4 Å². The molecule has 0 fully saturated rings. The highest BCUT2D eigenvalue weighted by molar-refractivity contribution is 6.10. The molecule has 0 aliphatic heterocycles. The molecule has 34 heavy (non-hydrogen) atoms. The maximum Gasteiger partial charge on any atom is 0.186 e. The molecule has 1 heterocycles. The highest BCUT2D eigenvalue weighted by atomic mass is 16.1. The van der Waals surface area contributed by atoms with Crippen LogP contribution >= 0.6 is 0 Å². The van der Waals surface area contributed by atoms with Gasteiger partial charge in [0.15, 0.2) is 5.78 Å². The molecule has 3 nitrogen and oxygen atoms in total. The average molecular weight is 441 g/mol. The number of hydrogen-bond donors (Lipinski definition) is 0. The van der Waals surface area contributed by atoms with E-state index < -0.39 is 0 Å². The Bertz CT molecular complexity index is 1330. The summed E-state index contributed by atoms with van der Waals surface area (Å²) >= 11 is 0. The Morgan fingerprint density at radius 2 is 1.18 bits per heavy atom. The molecule has 0 saturated carbocycles. The van der Waals surface area contributed by atoms with Crippen molar-refractivity contribution < 1.29 is 4.79 Å². The first-order chi connectivity index (χ1) is 16.8. The van der Waals surface area contributed by atoms with Crippen LogP contribution in [0.4, 0.5) is 0 Å². The zero-order valence-corrected chi connectivity index (χ0v) is 18.7. The Kier molecular flexibility index (Phi) is 6.26. The summed E-state index contributed by atoms with van der Waals surface area (Å²) in [7, 11) is 0. The predicted molar refractivity (Wildman–Crippen MR) is 137 cm³/mol. The molecule has 0 aliphatic carbocycles. The summed E-state index contributed by atoms with van der Waals surface area (Å²) in [5.74, 6) is -0.0202. The fourth-order valence-corrected chi connectivity index (χ4v) is 4.21. The van der Waals surface area contributed by atoms with E-state index in [9.17, 15) is 4.79 Å².